The highest BCUT2D eigenvalue weighted by molar-refractivity contribution is 7.89. The number of pyridine rings is 1. The summed E-state index contributed by atoms with van der Waals surface area (Å²) in [5.74, 6) is -0.0352. The highest BCUT2D eigenvalue weighted by atomic mass is 32.2. The molecule has 0 saturated carbocycles. The molecule has 0 radical (unpaired) electrons. The first-order valence-electron chi connectivity index (χ1n) is 10.4. The van der Waals surface area contributed by atoms with Crippen molar-refractivity contribution >= 4 is 31.5 Å². The van der Waals surface area contributed by atoms with Gasteiger partial charge in [-0.05, 0) is 55.5 Å². The summed E-state index contributed by atoms with van der Waals surface area (Å²) < 4.78 is 23.8. The Bertz CT molecular complexity index is 1470. The van der Waals surface area contributed by atoms with Crippen LogP contribution in [0.5, 0.6) is 0 Å². The molecule has 0 fully saturated rings. The number of aromatic nitrogens is 1. The summed E-state index contributed by atoms with van der Waals surface area (Å²) in [5.41, 5.74) is 3.03. The summed E-state index contributed by atoms with van der Waals surface area (Å²) in [6.45, 7) is 5.81. The highest BCUT2D eigenvalue weighted by Gasteiger charge is 2.13. The maximum atomic E-state index is 11.9. The van der Waals surface area contributed by atoms with Crippen molar-refractivity contribution in [3.63, 3.8) is 0 Å². The third-order valence-electron chi connectivity index (χ3n) is 4.91. The van der Waals surface area contributed by atoms with E-state index in [-0.39, 0.29) is 5.75 Å². The Balaban J connectivity index is 2.08. The number of fused-ring (bicyclic) bond motifs is 2. The van der Waals surface area contributed by atoms with Crippen LogP contribution in [0.25, 0.3) is 32.8 Å². The summed E-state index contributed by atoms with van der Waals surface area (Å²) in [7, 11) is -3.17. The maximum absolute atomic E-state index is 11.9. The largest absolute Gasteiger partial charge is 0.390 e. The summed E-state index contributed by atoms with van der Waals surface area (Å²) in [6, 6.07) is 21.7. The SMILES string of the molecule is CC(C)(C)O/N=c1\c2cc(CS(C)(=O)=O)ccc2ccc2ncc(-c3ccccc3)cc12. The Morgan fingerprint density at radius 2 is 1.62 bits per heavy atom. The first-order valence-corrected chi connectivity index (χ1v) is 12.5. The van der Waals surface area contributed by atoms with E-state index in [2.05, 4.69) is 11.2 Å². The quantitative estimate of drug-likeness (QED) is 0.403. The van der Waals surface area contributed by atoms with Crippen molar-refractivity contribution in [2.24, 2.45) is 5.16 Å². The molecule has 0 atom stereocenters. The molecule has 0 bridgehead atoms. The number of sulfone groups is 1. The Hall–Kier alpha value is -3.25. The summed E-state index contributed by atoms with van der Waals surface area (Å²) in [5, 5.41) is 7.77. The molecule has 0 amide bonds. The summed E-state index contributed by atoms with van der Waals surface area (Å²) >= 11 is 0. The van der Waals surface area contributed by atoms with Gasteiger partial charge in [-0.15, -0.1) is 0 Å². The van der Waals surface area contributed by atoms with Crippen LogP contribution in [0.15, 0.2) is 78.1 Å². The van der Waals surface area contributed by atoms with Crippen molar-refractivity contribution in [3.8, 4) is 11.1 Å². The molecule has 1 aromatic heterocycles. The third-order valence-corrected chi connectivity index (χ3v) is 5.77. The molecular formula is C26H26N2O3S. The maximum Gasteiger partial charge on any atom is 0.151 e. The Labute approximate surface area is 188 Å². The predicted molar refractivity (Wildman–Crippen MR) is 130 cm³/mol. The second-order valence-corrected chi connectivity index (χ2v) is 11.1. The monoisotopic (exact) mass is 446 g/mol. The molecule has 4 rings (SSSR count). The van der Waals surface area contributed by atoms with Crippen molar-refractivity contribution in [1.29, 1.82) is 0 Å². The number of benzene rings is 2. The van der Waals surface area contributed by atoms with Crippen molar-refractivity contribution in [2.75, 3.05) is 6.26 Å². The fourth-order valence-electron chi connectivity index (χ4n) is 3.53. The summed E-state index contributed by atoms with van der Waals surface area (Å²) in [6.07, 6.45) is 3.09. The van der Waals surface area contributed by atoms with Gasteiger partial charge < -0.3 is 4.84 Å². The number of rotatable bonds is 4. The van der Waals surface area contributed by atoms with Gasteiger partial charge in [0.2, 0.25) is 0 Å². The molecule has 0 spiro atoms. The predicted octanol–water partition coefficient (Wildman–Crippen LogP) is 5.23. The molecule has 1 heterocycles. The number of nitrogens with zero attached hydrogens (tertiary/aromatic N) is 2. The van der Waals surface area contributed by atoms with Crippen molar-refractivity contribution in [2.45, 2.75) is 32.1 Å². The van der Waals surface area contributed by atoms with Gasteiger partial charge in [-0.2, -0.15) is 0 Å². The summed E-state index contributed by atoms with van der Waals surface area (Å²) in [4.78, 5) is 10.5. The van der Waals surface area contributed by atoms with Crippen LogP contribution in [-0.4, -0.2) is 25.3 Å². The third kappa shape index (κ3) is 5.14. The van der Waals surface area contributed by atoms with Crippen LogP contribution in [0.2, 0.25) is 0 Å². The molecule has 0 aliphatic rings. The van der Waals surface area contributed by atoms with Crippen molar-refractivity contribution < 1.29 is 13.3 Å². The smallest absolute Gasteiger partial charge is 0.151 e. The van der Waals surface area contributed by atoms with Crippen LogP contribution in [-0.2, 0) is 20.4 Å². The second-order valence-electron chi connectivity index (χ2n) is 8.99. The Morgan fingerprint density at radius 3 is 2.31 bits per heavy atom. The van der Waals surface area contributed by atoms with E-state index in [1.165, 1.54) is 6.26 Å². The minimum atomic E-state index is -3.17. The first kappa shape index (κ1) is 22.0. The van der Waals surface area contributed by atoms with E-state index in [0.717, 1.165) is 32.8 Å². The molecular weight excluding hydrogens is 420 g/mol. The van der Waals surface area contributed by atoms with Gasteiger partial charge in [0.05, 0.1) is 11.3 Å². The molecule has 5 nitrogen and oxygen atoms in total. The normalized spacial score (nSPS) is 12.9. The van der Waals surface area contributed by atoms with Gasteiger partial charge in [0, 0.05) is 28.8 Å². The van der Waals surface area contributed by atoms with Crippen molar-refractivity contribution in [3.05, 3.63) is 83.8 Å². The lowest BCUT2D eigenvalue weighted by Gasteiger charge is -2.15. The van der Waals surface area contributed by atoms with Gasteiger partial charge >= 0.3 is 0 Å². The zero-order valence-electron chi connectivity index (χ0n) is 18.7. The lowest BCUT2D eigenvalue weighted by molar-refractivity contribution is -0.00549. The number of hydrogen-bond donors (Lipinski definition) is 0. The van der Waals surface area contributed by atoms with Crippen LogP contribution in [0.3, 0.4) is 0 Å². The van der Waals surface area contributed by atoms with E-state index in [0.29, 0.717) is 10.9 Å². The van der Waals surface area contributed by atoms with Crippen LogP contribution >= 0.6 is 0 Å². The average molecular weight is 447 g/mol. The standard InChI is InChI=1S/C26H26N2O3S/c1-26(2,3)31-28-25-22-14-18(17-32(4,29)30)10-11-20(22)12-13-24-23(25)15-21(16-27-24)19-8-6-5-7-9-19/h5-16H,17H2,1-4H3/b28-25+. The van der Waals surface area contributed by atoms with E-state index < -0.39 is 15.4 Å². The molecule has 0 saturated heterocycles. The Morgan fingerprint density at radius 1 is 0.906 bits per heavy atom. The van der Waals surface area contributed by atoms with E-state index in [9.17, 15) is 8.42 Å². The molecule has 0 aliphatic carbocycles. The zero-order chi connectivity index (χ0) is 22.9. The van der Waals surface area contributed by atoms with Gasteiger partial charge in [0.1, 0.15) is 11.0 Å². The van der Waals surface area contributed by atoms with Gasteiger partial charge in [-0.25, -0.2) is 8.42 Å². The topological polar surface area (TPSA) is 68.6 Å². The van der Waals surface area contributed by atoms with Crippen LogP contribution < -0.4 is 5.36 Å². The molecule has 0 N–H and O–H groups in total. The van der Waals surface area contributed by atoms with Crippen molar-refractivity contribution in [1.82, 2.24) is 4.98 Å². The van der Waals surface area contributed by atoms with Gasteiger partial charge in [0.15, 0.2) is 9.84 Å². The minimum Gasteiger partial charge on any atom is -0.390 e. The molecule has 4 aromatic rings. The molecule has 164 valence electrons. The second kappa shape index (κ2) is 8.36. The molecule has 3 aromatic carbocycles. The molecule has 32 heavy (non-hydrogen) atoms. The Kier molecular flexibility index (Phi) is 5.73. The lowest BCUT2D eigenvalue weighted by atomic mass is 10.1. The van der Waals surface area contributed by atoms with Gasteiger partial charge in [0.25, 0.3) is 0 Å². The van der Waals surface area contributed by atoms with Crippen LogP contribution in [0.4, 0.5) is 0 Å². The minimum absolute atomic E-state index is 0.0352. The molecule has 6 heteroatoms. The van der Waals surface area contributed by atoms with Crippen LogP contribution in [0, 0.1) is 0 Å². The average Bonchev–Trinajstić information content (AvgIpc) is 2.87. The number of hydrogen-bond acceptors (Lipinski definition) is 5. The van der Waals surface area contributed by atoms with E-state index in [1.807, 2.05) is 87.6 Å². The van der Waals surface area contributed by atoms with Gasteiger partial charge in [-0.1, -0.05) is 53.7 Å². The van der Waals surface area contributed by atoms with Gasteiger partial charge in [-0.3, -0.25) is 4.98 Å². The fourth-order valence-corrected chi connectivity index (χ4v) is 4.31. The van der Waals surface area contributed by atoms with E-state index in [1.54, 1.807) is 0 Å². The molecule has 0 unspecified atom stereocenters. The lowest BCUT2D eigenvalue weighted by Crippen LogP contribution is -2.18. The molecule has 0 aliphatic heterocycles. The highest BCUT2D eigenvalue weighted by Crippen LogP contribution is 2.23. The van der Waals surface area contributed by atoms with Crippen LogP contribution in [0.1, 0.15) is 26.3 Å². The zero-order valence-corrected chi connectivity index (χ0v) is 19.5. The fraction of sp³-hybridized carbons (Fsp3) is 0.231. The van der Waals surface area contributed by atoms with E-state index in [4.69, 9.17) is 9.82 Å². The first-order chi connectivity index (χ1) is 15.1. The van der Waals surface area contributed by atoms with E-state index >= 15 is 0 Å².